The number of hydrogen-bond acceptors (Lipinski definition) is 2. The van der Waals surface area contributed by atoms with Gasteiger partial charge in [-0.2, -0.15) is 0 Å². The number of nitrogens with zero attached hydrogens (tertiary/aromatic N) is 1. The van der Waals surface area contributed by atoms with E-state index in [1.807, 2.05) is 25.1 Å². The molecule has 1 aliphatic heterocycles. The van der Waals surface area contributed by atoms with E-state index in [9.17, 15) is 4.21 Å². The van der Waals surface area contributed by atoms with E-state index < -0.39 is 10.8 Å². The van der Waals surface area contributed by atoms with Crippen LogP contribution in [0.3, 0.4) is 0 Å². The number of aryl methyl sites for hydroxylation is 1. The molecule has 2 nitrogen and oxygen atoms in total. The van der Waals surface area contributed by atoms with Crippen molar-refractivity contribution in [3.63, 3.8) is 0 Å². The summed E-state index contributed by atoms with van der Waals surface area (Å²) in [6.07, 6.45) is 10.6. The molecule has 1 saturated heterocycles. The standard InChI is InChI=1S/C15H21NOS2.C7H14/c1-13(18)16-10-5-8-15(16)12-19(17)11-9-14-6-3-2-4-7-14;1-7-5-3-2-4-6-7/h2-4,6-7,15H,5,8-12H2,1H3;7H,2-6H2,1H3. The molecule has 0 radical (unpaired) electrons. The summed E-state index contributed by atoms with van der Waals surface area (Å²) < 4.78 is 12.2. The highest BCUT2D eigenvalue weighted by molar-refractivity contribution is 7.85. The van der Waals surface area contributed by atoms with E-state index in [1.54, 1.807) is 0 Å². The quantitative estimate of drug-likeness (QED) is 0.627. The Kier molecular flexibility index (Phi) is 9.84. The van der Waals surface area contributed by atoms with Crippen LogP contribution in [0.25, 0.3) is 0 Å². The second-order valence-electron chi connectivity index (χ2n) is 7.80. The summed E-state index contributed by atoms with van der Waals surface area (Å²) in [6.45, 7) is 5.37. The van der Waals surface area contributed by atoms with Crippen LogP contribution in [0.4, 0.5) is 0 Å². The van der Waals surface area contributed by atoms with Crippen molar-refractivity contribution in [2.24, 2.45) is 5.92 Å². The Morgan fingerprint density at radius 3 is 2.38 bits per heavy atom. The third kappa shape index (κ3) is 7.87. The third-order valence-corrected chi connectivity index (χ3v) is 7.17. The molecule has 2 fully saturated rings. The van der Waals surface area contributed by atoms with Crippen molar-refractivity contribution in [3.8, 4) is 0 Å². The summed E-state index contributed by atoms with van der Waals surface area (Å²) in [5, 5.41) is 0. The monoisotopic (exact) mass is 393 g/mol. The SMILES string of the molecule is CC(=S)N1CCCC1CS(=O)CCc1ccccc1.CC1CCCCC1. The molecule has 2 atom stereocenters. The Bertz CT molecular complexity index is 555. The minimum atomic E-state index is -0.749. The van der Waals surface area contributed by atoms with Crippen LogP contribution in [0.5, 0.6) is 0 Å². The summed E-state index contributed by atoms with van der Waals surface area (Å²) >= 11 is 5.25. The first-order chi connectivity index (χ1) is 12.6. The van der Waals surface area contributed by atoms with Gasteiger partial charge in [0.05, 0.1) is 4.99 Å². The zero-order valence-electron chi connectivity index (χ0n) is 16.5. The number of benzene rings is 1. The van der Waals surface area contributed by atoms with E-state index in [2.05, 4.69) is 24.0 Å². The van der Waals surface area contributed by atoms with Gasteiger partial charge in [0.1, 0.15) is 0 Å². The lowest BCUT2D eigenvalue weighted by atomic mass is 9.91. The van der Waals surface area contributed by atoms with Crippen LogP contribution in [-0.4, -0.2) is 38.2 Å². The van der Waals surface area contributed by atoms with Gasteiger partial charge in [-0.15, -0.1) is 0 Å². The Labute approximate surface area is 168 Å². The molecule has 2 unspecified atom stereocenters. The van der Waals surface area contributed by atoms with E-state index in [1.165, 1.54) is 44.1 Å². The second kappa shape index (κ2) is 11.9. The highest BCUT2D eigenvalue weighted by Crippen LogP contribution is 2.22. The van der Waals surface area contributed by atoms with Crippen molar-refractivity contribution in [2.45, 2.75) is 71.3 Å². The number of likely N-dealkylation sites (tertiary alicyclic amines) is 1. The number of thiocarbonyl (C=S) groups is 1. The molecule has 146 valence electrons. The molecule has 0 bridgehead atoms. The van der Waals surface area contributed by atoms with Crippen LogP contribution in [0.2, 0.25) is 0 Å². The molecular formula is C22H35NOS2. The van der Waals surface area contributed by atoms with Gasteiger partial charge >= 0.3 is 0 Å². The van der Waals surface area contributed by atoms with Crippen molar-refractivity contribution in [1.82, 2.24) is 4.90 Å². The van der Waals surface area contributed by atoms with Crippen LogP contribution < -0.4 is 0 Å². The van der Waals surface area contributed by atoms with Crippen molar-refractivity contribution in [3.05, 3.63) is 35.9 Å². The maximum absolute atomic E-state index is 12.2. The molecule has 3 rings (SSSR count). The predicted molar refractivity (Wildman–Crippen MR) is 118 cm³/mol. The van der Waals surface area contributed by atoms with Gasteiger partial charge in [0.15, 0.2) is 0 Å². The fraction of sp³-hybridized carbons (Fsp3) is 0.682. The maximum Gasteiger partial charge on any atom is 0.0750 e. The zero-order chi connectivity index (χ0) is 18.8. The molecule has 0 aromatic heterocycles. The van der Waals surface area contributed by atoms with Gasteiger partial charge in [-0.1, -0.05) is 81.6 Å². The lowest BCUT2D eigenvalue weighted by molar-refractivity contribution is 0.385. The van der Waals surface area contributed by atoms with Gasteiger partial charge < -0.3 is 4.90 Å². The van der Waals surface area contributed by atoms with Crippen molar-refractivity contribution < 1.29 is 4.21 Å². The molecule has 2 aliphatic rings. The van der Waals surface area contributed by atoms with Crippen LogP contribution in [-0.2, 0) is 17.2 Å². The summed E-state index contributed by atoms with van der Waals surface area (Å²) in [6, 6.07) is 10.7. The highest BCUT2D eigenvalue weighted by atomic mass is 32.2. The van der Waals surface area contributed by atoms with Gasteiger partial charge in [-0.3, -0.25) is 4.21 Å². The van der Waals surface area contributed by atoms with Crippen molar-refractivity contribution in [2.75, 3.05) is 18.1 Å². The summed E-state index contributed by atoms with van der Waals surface area (Å²) in [7, 11) is -0.749. The molecule has 0 spiro atoms. The molecule has 0 N–H and O–H groups in total. The minimum absolute atomic E-state index is 0.397. The first-order valence-electron chi connectivity index (χ1n) is 10.2. The largest absolute Gasteiger partial charge is 0.362 e. The predicted octanol–water partition coefficient (Wildman–Crippen LogP) is 5.38. The summed E-state index contributed by atoms with van der Waals surface area (Å²) in [5.41, 5.74) is 1.27. The van der Waals surface area contributed by atoms with Crippen LogP contribution in [0.15, 0.2) is 30.3 Å². The van der Waals surface area contributed by atoms with E-state index in [0.717, 1.165) is 41.8 Å². The second-order valence-corrected chi connectivity index (χ2v) is 10.0. The fourth-order valence-electron chi connectivity index (χ4n) is 3.90. The topological polar surface area (TPSA) is 20.3 Å². The van der Waals surface area contributed by atoms with E-state index in [4.69, 9.17) is 12.2 Å². The first kappa shape index (κ1) is 21.6. The Morgan fingerprint density at radius 1 is 1.12 bits per heavy atom. The third-order valence-electron chi connectivity index (χ3n) is 5.51. The van der Waals surface area contributed by atoms with Crippen LogP contribution >= 0.6 is 12.2 Å². The van der Waals surface area contributed by atoms with Gasteiger partial charge in [-0.05, 0) is 37.7 Å². The van der Waals surface area contributed by atoms with E-state index in [-0.39, 0.29) is 0 Å². The fourth-order valence-corrected chi connectivity index (χ4v) is 5.55. The molecule has 0 amide bonds. The Morgan fingerprint density at radius 2 is 1.81 bits per heavy atom. The van der Waals surface area contributed by atoms with E-state index >= 15 is 0 Å². The van der Waals surface area contributed by atoms with Crippen LogP contribution in [0, 0.1) is 5.92 Å². The van der Waals surface area contributed by atoms with Gasteiger partial charge in [0, 0.05) is 34.9 Å². The van der Waals surface area contributed by atoms with Crippen molar-refractivity contribution >= 4 is 28.0 Å². The highest BCUT2D eigenvalue weighted by Gasteiger charge is 2.26. The van der Waals surface area contributed by atoms with Gasteiger partial charge in [0.2, 0.25) is 0 Å². The molecule has 1 aromatic carbocycles. The van der Waals surface area contributed by atoms with Gasteiger partial charge in [0.25, 0.3) is 0 Å². The maximum atomic E-state index is 12.2. The summed E-state index contributed by atoms with van der Waals surface area (Å²) in [4.78, 5) is 3.19. The minimum Gasteiger partial charge on any atom is -0.362 e. The smallest absolute Gasteiger partial charge is 0.0750 e. The molecule has 26 heavy (non-hydrogen) atoms. The molecule has 1 aliphatic carbocycles. The molecule has 4 heteroatoms. The lowest BCUT2D eigenvalue weighted by Gasteiger charge is -2.25. The molecule has 1 heterocycles. The number of rotatable bonds is 5. The summed E-state index contributed by atoms with van der Waals surface area (Å²) in [5.74, 6) is 2.56. The first-order valence-corrected chi connectivity index (χ1v) is 12.1. The Hall–Kier alpha value is -0.740. The Balaban J connectivity index is 0.000000290. The van der Waals surface area contributed by atoms with Gasteiger partial charge in [-0.25, -0.2) is 0 Å². The van der Waals surface area contributed by atoms with Crippen molar-refractivity contribution in [1.29, 1.82) is 0 Å². The van der Waals surface area contributed by atoms with E-state index in [0.29, 0.717) is 6.04 Å². The normalized spacial score (nSPS) is 21.8. The van der Waals surface area contributed by atoms with Crippen LogP contribution in [0.1, 0.15) is 64.4 Å². The number of hydrogen-bond donors (Lipinski definition) is 0. The average Bonchev–Trinajstić information content (AvgIpc) is 3.10. The average molecular weight is 394 g/mol. The zero-order valence-corrected chi connectivity index (χ0v) is 18.1. The lowest BCUT2D eigenvalue weighted by Crippen LogP contribution is -2.36. The molecular weight excluding hydrogens is 358 g/mol. The molecule has 1 aromatic rings. The molecule has 1 saturated carbocycles.